The zero-order valence-corrected chi connectivity index (χ0v) is 15.1. The molecule has 0 bridgehead atoms. The van der Waals surface area contributed by atoms with Gasteiger partial charge in [-0.1, -0.05) is 50.2 Å². The number of anilines is 1. The van der Waals surface area contributed by atoms with E-state index < -0.39 is 11.7 Å². The summed E-state index contributed by atoms with van der Waals surface area (Å²) < 4.78 is 38.2. The van der Waals surface area contributed by atoms with Crippen molar-refractivity contribution in [3.63, 3.8) is 0 Å². The van der Waals surface area contributed by atoms with Crippen molar-refractivity contribution in [1.29, 1.82) is 0 Å². The van der Waals surface area contributed by atoms with Gasteiger partial charge in [0.15, 0.2) is 0 Å². The van der Waals surface area contributed by atoms with Crippen LogP contribution < -0.4 is 10.6 Å². The number of alkyl halides is 3. The number of aryl methyl sites for hydroxylation is 1. The number of urea groups is 1. The number of halogens is 3. The van der Waals surface area contributed by atoms with Crippen LogP contribution in [0.15, 0.2) is 42.5 Å². The molecule has 0 atom stereocenters. The Bertz CT molecular complexity index is 770. The Labute approximate surface area is 151 Å². The Balaban J connectivity index is 1.95. The number of amides is 2. The van der Waals surface area contributed by atoms with Crippen molar-refractivity contribution in [3.05, 3.63) is 64.7 Å². The van der Waals surface area contributed by atoms with E-state index in [1.165, 1.54) is 6.07 Å². The van der Waals surface area contributed by atoms with Gasteiger partial charge in [-0.15, -0.1) is 0 Å². The SMILES string of the molecule is Cc1cccc(C(C)C)c1NC(=O)NCCc1cccc(C(F)(F)F)c1. The van der Waals surface area contributed by atoms with Crippen LogP contribution in [-0.4, -0.2) is 12.6 Å². The van der Waals surface area contributed by atoms with Gasteiger partial charge in [-0.25, -0.2) is 4.79 Å². The van der Waals surface area contributed by atoms with Gasteiger partial charge in [-0.05, 0) is 42.0 Å². The number of hydrogen-bond donors (Lipinski definition) is 2. The van der Waals surface area contributed by atoms with Crippen molar-refractivity contribution in [1.82, 2.24) is 5.32 Å². The van der Waals surface area contributed by atoms with E-state index >= 15 is 0 Å². The van der Waals surface area contributed by atoms with Crippen LogP contribution in [0.3, 0.4) is 0 Å². The lowest BCUT2D eigenvalue weighted by atomic mass is 9.98. The molecule has 2 aromatic rings. The Morgan fingerprint density at radius 1 is 1.12 bits per heavy atom. The highest BCUT2D eigenvalue weighted by Crippen LogP contribution is 2.29. The maximum Gasteiger partial charge on any atom is 0.416 e. The first-order valence-electron chi connectivity index (χ1n) is 8.49. The minimum atomic E-state index is -4.36. The summed E-state index contributed by atoms with van der Waals surface area (Å²) in [6.45, 7) is 6.26. The molecular weight excluding hydrogens is 341 g/mol. The van der Waals surface area contributed by atoms with E-state index in [-0.39, 0.29) is 18.5 Å². The molecule has 0 unspecified atom stereocenters. The van der Waals surface area contributed by atoms with Gasteiger partial charge in [0, 0.05) is 12.2 Å². The van der Waals surface area contributed by atoms with Gasteiger partial charge in [0.05, 0.1) is 5.56 Å². The van der Waals surface area contributed by atoms with E-state index in [0.717, 1.165) is 28.9 Å². The van der Waals surface area contributed by atoms with Crippen LogP contribution in [-0.2, 0) is 12.6 Å². The second-order valence-corrected chi connectivity index (χ2v) is 6.52. The number of carbonyl (C=O) groups excluding carboxylic acids is 1. The number of hydrogen-bond acceptors (Lipinski definition) is 1. The summed E-state index contributed by atoms with van der Waals surface area (Å²) in [6, 6.07) is 10.6. The normalized spacial score (nSPS) is 11.5. The van der Waals surface area contributed by atoms with Crippen molar-refractivity contribution in [2.75, 3.05) is 11.9 Å². The predicted molar refractivity (Wildman–Crippen MR) is 97.4 cm³/mol. The van der Waals surface area contributed by atoms with Crippen LogP contribution in [0.2, 0.25) is 0 Å². The number of carbonyl (C=O) groups is 1. The molecule has 140 valence electrons. The standard InChI is InChI=1S/C20H23F3N2O/c1-13(2)17-9-4-6-14(3)18(17)25-19(26)24-11-10-15-7-5-8-16(12-15)20(21,22)23/h4-9,12-13H,10-11H2,1-3H3,(H2,24,25,26). The monoisotopic (exact) mass is 364 g/mol. The predicted octanol–water partition coefficient (Wildman–Crippen LogP) is 5.50. The Morgan fingerprint density at radius 2 is 1.81 bits per heavy atom. The smallest absolute Gasteiger partial charge is 0.338 e. The molecule has 3 nitrogen and oxygen atoms in total. The zero-order chi connectivity index (χ0) is 19.3. The number of nitrogens with one attached hydrogen (secondary N) is 2. The summed E-state index contributed by atoms with van der Waals surface area (Å²) in [6.07, 6.45) is -4.04. The van der Waals surface area contributed by atoms with Gasteiger partial charge in [0.2, 0.25) is 0 Å². The fourth-order valence-corrected chi connectivity index (χ4v) is 2.72. The van der Waals surface area contributed by atoms with Crippen molar-refractivity contribution in [2.45, 2.75) is 39.3 Å². The van der Waals surface area contributed by atoms with Crippen LogP contribution in [0, 0.1) is 6.92 Å². The van der Waals surface area contributed by atoms with Crippen molar-refractivity contribution < 1.29 is 18.0 Å². The van der Waals surface area contributed by atoms with Crippen molar-refractivity contribution >= 4 is 11.7 Å². The summed E-state index contributed by atoms with van der Waals surface area (Å²) >= 11 is 0. The molecular formula is C20H23F3N2O. The Kier molecular flexibility index (Phi) is 6.29. The molecule has 2 amide bonds. The molecule has 2 aromatic carbocycles. The number of rotatable bonds is 5. The highest BCUT2D eigenvalue weighted by Gasteiger charge is 2.30. The molecule has 0 saturated heterocycles. The van der Waals surface area contributed by atoms with E-state index in [1.54, 1.807) is 6.07 Å². The summed E-state index contributed by atoms with van der Waals surface area (Å²) in [7, 11) is 0. The lowest BCUT2D eigenvalue weighted by Gasteiger charge is -2.17. The van der Waals surface area contributed by atoms with Gasteiger partial charge in [0.25, 0.3) is 0 Å². The second kappa shape index (κ2) is 8.25. The topological polar surface area (TPSA) is 41.1 Å². The van der Waals surface area contributed by atoms with Gasteiger partial charge in [-0.3, -0.25) is 0 Å². The first-order valence-corrected chi connectivity index (χ1v) is 8.49. The molecule has 0 saturated carbocycles. The van der Waals surface area contributed by atoms with Crippen LogP contribution in [0.1, 0.15) is 42.0 Å². The minimum Gasteiger partial charge on any atom is -0.338 e. The Hall–Kier alpha value is -2.50. The fourth-order valence-electron chi connectivity index (χ4n) is 2.72. The fraction of sp³-hybridized carbons (Fsp3) is 0.350. The van der Waals surface area contributed by atoms with Crippen LogP contribution in [0.25, 0.3) is 0 Å². The van der Waals surface area contributed by atoms with Gasteiger partial charge < -0.3 is 10.6 Å². The summed E-state index contributed by atoms with van der Waals surface area (Å²) in [4.78, 5) is 12.2. The summed E-state index contributed by atoms with van der Waals surface area (Å²) in [5.41, 5.74) is 2.63. The van der Waals surface area contributed by atoms with Crippen LogP contribution in [0.5, 0.6) is 0 Å². The van der Waals surface area contributed by atoms with E-state index in [2.05, 4.69) is 10.6 Å². The van der Waals surface area contributed by atoms with Crippen molar-refractivity contribution in [3.8, 4) is 0 Å². The third-order valence-corrected chi connectivity index (χ3v) is 4.12. The minimum absolute atomic E-state index is 0.246. The highest BCUT2D eigenvalue weighted by atomic mass is 19.4. The van der Waals surface area contributed by atoms with Gasteiger partial charge in [0.1, 0.15) is 0 Å². The summed E-state index contributed by atoms with van der Waals surface area (Å²) in [5.74, 6) is 0.260. The Morgan fingerprint density at radius 3 is 2.46 bits per heavy atom. The van der Waals surface area contributed by atoms with E-state index in [9.17, 15) is 18.0 Å². The van der Waals surface area contributed by atoms with E-state index in [0.29, 0.717) is 12.0 Å². The van der Waals surface area contributed by atoms with Crippen molar-refractivity contribution in [2.24, 2.45) is 0 Å². The molecule has 2 N–H and O–H groups in total. The molecule has 0 aliphatic carbocycles. The molecule has 0 aliphatic heterocycles. The number of para-hydroxylation sites is 1. The zero-order valence-electron chi connectivity index (χ0n) is 15.1. The first-order chi connectivity index (χ1) is 12.2. The highest BCUT2D eigenvalue weighted by molar-refractivity contribution is 5.91. The molecule has 6 heteroatoms. The molecule has 2 rings (SSSR count). The number of benzene rings is 2. The largest absolute Gasteiger partial charge is 0.416 e. The van der Waals surface area contributed by atoms with Gasteiger partial charge >= 0.3 is 12.2 Å². The maximum absolute atomic E-state index is 12.7. The third-order valence-electron chi connectivity index (χ3n) is 4.12. The average molecular weight is 364 g/mol. The van der Waals surface area contributed by atoms with E-state index in [4.69, 9.17) is 0 Å². The molecule has 0 heterocycles. The second-order valence-electron chi connectivity index (χ2n) is 6.52. The quantitative estimate of drug-likeness (QED) is 0.722. The maximum atomic E-state index is 12.7. The molecule has 0 aliphatic rings. The average Bonchev–Trinajstić information content (AvgIpc) is 2.56. The first kappa shape index (κ1) is 19.8. The third kappa shape index (κ3) is 5.25. The van der Waals surface area contributed by atoms with Crippen LogP contribution >= 0.6 is 0 Å². The molecule has 0 radical (unpaired) electrons. The lowest BCUT2D eigenvalue weighted by Crippen LogP contribution is -2.31. The van der Waals surface area contributed by atoms with Gasteiger partial charge in [-0.2, -0.15) is 13.2 Å². The molecule has 0 fully saturated rings. The molecule has 0 spiro atoms. The molecule has 0 aromatic heterocycles. The van der Waals surface area contributed by atoms with Crippen LogP contribution in [0.4, 0.5) is 23.7 Å². The molecule has 26 heavy (non-hydrogen) atoms. The summed E-state index contributed by atoms with van der Waals surface area (Å²) in [5, 5.41) is 5.55. The lowest BCUT2D eigenvalue weighted by molar-refractivity contribution is -0.137. The van der Waals surface area contributed by atoms with E-state index in [1.807, 2.05) is 39.0 Å².